The van der Waals surface area contributed by atoms with Crippen LogP contribution in [-0.2, 0) is 20.9 Å². The molecule has 498 valence electrons. The maximum absolute atomic E-state index is 14.5. The quantitative estimate of drug-likeness (QED) is 0.00874. The number of fused-ring (bicyclic) bond motifs is 4. The number of hydrogen-bond donors (Lipinski definition) is 8. The Kier molecular flexibility index (Phi) is 27.3. The van der Waals surface area contributed by atoms with Gasteiger partial charge in [-0.15, -0.1) is 12.4 Å². The van der Waals surface area contributed by atoms with E-state index in [0.717, 1.165) is 41.6 Å². The average molecular weight is 1460 g/mol. The highest BCUT2D eigenvalue weighted by Gasteiger charge is 2.19. The minimum atomic E-state index is -0.832. The van der Waals surface area contributed by atoms with Crippen LogP contribution < -0.4 is 11.7 Å². The van der Waals surface area contributed by atoms with E-state index in [1.165, 1.54) is 101 Å². The summed E-state index contributed by atoms with van der Waals surface area (Å²) in [6.07, 6.45) is 10.3. The van der Waals surface area contributed by atoms with Crippen LogP contribution in [-0.4, -0.2) is 104 Å². The molecule has 0 radical (unpaired) electrons. The van der Waals surface area contributed by atoms with Crippen molar-refractivity contribution in [3.63, 3.8) is 0 Å². The van der Waals surface area contributed by atoms with E-state index in [2.05, 4.69) is 73.4 Å². The van der Waals surface area contributed by atoms with Gasteiger partial charge >= 0.3 is 0 Å². The molecule has 7 aromatic carbocycles. The SMILES string of the molecule is CC(=O)N(C)N.CC(O)c1nc(-c2cc3c(/C=C/c4ccc(F)cc4)n[nH]c3cc2F)n[nH]1.CCOC(=N)c1cc2c(/C=C/c3ccc(F)cc3)n[nH]c2cc1F.CN(N)C=O.Cl.N#Cc1cc2c(/C=C/c3ccc(F)cc3)n[nH]c2cc1F.N#Cc1cc2c(cc1F)CN=C2I. The van der Waals surface area contributed by atoms with Gasteiger partial charge in [-0.05, 0) is 144 Å². The number of hydrazine groups is 2. The molecule has 1 atom stereocenters. The Morgan fingerprint density at radius 1 is 0.649 bits per heavy atom. The van der Waals surface area contributed by atoms with Crippen molar-refractivity contribution in [2.75, 3.05) is 20.7 Å². The van der Waals surface area contributed by atoms with Crippen molar-refractivity contribution in [2.24, 2.45) is 16.7 Å². The fourth-order valence-electron chi connectivity index (χ4n) is 8.30. The van der Waals surface area contributed by atoms with Crippen LogP contribution in [0, 0.1) is 68.8 Å². The first kappa shape index (κ1) is 74.8. The number of nitrogens with two attached hydrogens (primary N) is 2. The van der Waals surface area contributed by atoms with Gasteiger partial charge < -0.3 is 9.84 Å². The average Bonchev–Trinajstić information content (AvgIpc) is 1.70. The highest BCUT2D eigenvalue weighted by molar-refractivity contribution is 14.1. The number of aromatic nitrogens is 9. The number of H-pyrrole nitrogens is 4. The van der Waals surface area contributed by atoms with Crippen molar-refractivity contribution in [2.45, 2.75) is 33.4 Å². The summed E-state index contributed by atoms with van der Waals surface area (Å²) >= 11 is 2.09. The number of carbonyl (C=O) groups is 2. The summed E-state index contributed by atoms with van der Waals surface area (Å²) < 4.78 is 99.8. The van der Waals surface area contributed by atoms with Crippen molar-refractivity contribution >= 4 is 126 Å². The Bertz CT molecular complexity index is 4790. The molecular weight excluding hydrogens is 1400 g/mol. The number of aliphatic imine (C=N–C) groups is 1. The zero-order chi connectivity index (χ0) is 69.8. The van der Waals surface area contributed by atoms with Gasteiger partial charge in [-0.25, -0.2) is 47.4 Å². The van der Waals surface area contributed by atoms with Gasteiger partial charge in [0.05, 0.1) is 69.0 Å². The summed E-state index contributed by atoms with van der Waals surface area (Å²) in [7, 11) is 2.97. The van der Waals surface area contributed by atoms with E-state index in [1.807, 2.05) is 6.07 Å². The van der Waals surface area contributed by atoms with Gasteiger partial charge in [0.2, 0.25) is 18.2 Å². The molecule has 0 bridgehead atoms. The van der Waals surface area contributed by atoms with Crippen LogP contribution in [0.25, 0.3) is 80.6 Å². The predicted octanol–water partition coefficient (Wildman–Crippen LogP) is 13.2. The molecule has 0 aliphatic carbocycles. The molecule has 0 saturated heterocycles. The molecule has 0 fully saturated rings. The standard InChI is InChI=1S/C19H15F2N5O.C18H15F2N3O.C16H9F2N3.C9H4FIN2.C3H8N2O.C2H6N2O.ClH/c1-10(27)18-22-19(26-25-18)13-8-14-16(23-24-17(14)9-15(13)21)7-4-11-2-5-12(20)6-3-11;1-2-24-18(21)13-9-14-16(22-23-17(14)10-15(13)20)8-5-11-3-6-12(19)7-4-11;17-12-4-1-10(2-5-12)3-6-15-13-7-11(9-19)14(18)8-16(13)21-20-15;10-8-2-6-4-13-9(11)7(6)1-5(8)3-12;1-3(6)5(2)4;1-4(3)2-5;/h2-10,27H,1H3,(H,23,24)(H,22,25,26);3-10,21H,2H2,1H3,(H,22,23);1-8H,(H,20,21);1-2H,4H2;4H2,1-2H3;2H,3H2,1H3;1H/b7-4+;8-5+,21-18?;6-3+;;;;. The van der Waals surface area contributed by atoms with Crippen LogP contribution in [0.15, 0.2) is 126 Å². The summed E-state index contributed by atoms with van der Waals surface area (Å²) in [5.74, 6) is 6.75. The number of nitriles is 2. The lowest BCUT2D eigenvalue weighted by atomic mass is 10.1. The van der Waals surface area contributed by atoms with Crippen LogP contribution in [0.2, 0.25) is 0 Å². The first-order chi connectivity index (χ1) is 45.9. The lowest BCUT2D eigenvalue weighted by Gasteiger charge is -2.06. The lowest BCUT2D eigenvalue weighted by molar-refractivity contribution is -0.127. The predicted molar refractivity (Wildman–Crippen MR) is 367 cm³/mol. The lowest BCUT2D eigenvalue weighted by Crippen LogP contribution is -2.30. The van der Waals surface area contributed by atoms with Crippen LogP contribution >= 0.6 is 35.0 Å². The van der Waals surface area contributed by atoms with E-state index >= 15 is 0 Å². The number of aliphatic hydroxyl groups is 1. The summed E-state index contributed by atoms with van der Waals surface area (Å²) in [4.78, 5) is 27.5. The molecule has 0 saturated carbocycles. The second kappa shape index (κ2) is 35.3. The number of hydrogen-bond acceptors (Lipinski definition) is 15. The van der Waals surface area contributed by atoms with E-state index in [4.69, 9.17) is 32.4 Å². The van der Waals surface area contributed by atoms with Gasteiger partial charge in [0, 0.05) is 60.9 Å². The molecule has 5 heterocycles. The smallest absolute Gasteiger partial charge is 0.233 e. The molecule has 4 aromatic heterocycles. The number of nitrogens with zero attached hydrogens (tertiary/aromatic N) is 10. The maximum atomic E-state index is 14.5. The minimum absolute atomic E-state index is 0. The molecule has 1 aliphatic rings. The molecule has 11 aromatic rings. The molecule has 97 heavy (non-hydrogen) atoms. The van der Waals surface area contributed by atoms with Crippen molar-refractivity contribution in [1.82, 2.24) is 55.8 Å². The van der Waals surface area contributed by atoms with Crippen LogP contribution in [0.1, 0.15) is 94.3 Å². The van der Waals surface area contributed by atoms with Crippen molar-refractivity contribution in [1.29, 1.82) is 15.9 Å². The van der Waals surface area contributed by atoms with Gasteiger partial charge in [-0.1, -0.05) is 54.6 Å². The molecule has 2 amide bonds. The number of nitrogens with one attached hydrogen (secondary N) is 5. The van der Waals surface area contributed by atoms with Gasteiger partial charge in [-0.3, -0.25) is 50.4 Å². The Hall–Kier alpha value is -11.2. The fourth-order valence-corrected chi connectivity index (χ4v) is 8.97. The Labute approximate surface area is 568 Å². The first-order valence-corrected chi connectivity index (χ1v) is 29.4. The third kappa shape index (κ3) is 20.6. The van der Waals surface area contributed by atoms with E-state index in [1.54, 1.807) is 98.0 Å². The molecule has 12 rings (SSSR count). The van der Waals surface area contributed by atoms with E-state index in [0.29, 0.717) is 69.4 Å². The molecule has 30 heteroatoms. The number of halogens is 9. The second-order valence-corrected chi connectivity index (χ2v) is 21.3. The van der Waals surface area contributed by atoms with Crippen LogP contribution in [0.4, 0.5) is 30.7 Å². The molecule has 0 spiro atoms. The van der Waals surface area contributed by atoms with E-state index in [-0.39, 0.29) is 75.6 Å². The van der Waals surface area contributed by atoms with Crippen LogP contribution in [0.5, 0.6) is 0 Å². The highest BCUT2D eigenvalue weighted by Crippen LogP contribution is 2.30. The fraction of sp³-hybridized carbons (Fsp3) is 0.119. The van der Waals surface area contributed by atoms with E-state index < -0.39 is 29.4 Å². The van der Waals surface area contributed by atoms with Gasteiger partial charge in [0.1, 0.15) is 62.7 Å². The number of aromatic amines is 4. The van der Waals surface area contributed by atoms with E-state index in [9.17, 15) is 45.4 Å². The summed E-state index contributed by atoms with van der Waals surface area (Å²) in [5, 5.41) is 66.1. The topological polar surface area (TPSA) is 334 Å². The Balaban J connectivity index is 0.000000197. The van der Waals surface area contributed by atoms with Gasteiger partial charge in [0.25, 0.3) is 0 Å². The summed E-state index contributed by atoms with van der Waals surface area (Å²) in [6.45, 7) is 5.49. The zero-order valence-corrected chi connectivity index (χ0v) is 54.8. The summed E-state index contributed by atoms with van der Waals surface area (Å²) in [6, 6.07) is 33.1. The normalized spacial score (nSPS) is 11.4. The Morgan fingerprint density at radius 2 is 1.06 bits per heavy atom. The third-order valence-electron chi connectivity index (χ3n) is 13.3. The molecule has 1 unspecified atom stereocenters. The van der Waals surface area contributed by atoms with Crippen molar-refractivity contribution < 1.29 is 50.2 Å². The number of carbonyl (C=O) groups excluding carboxylic acids is 2. The van der Waals surface area contributed by atoms with Crippen molar-refractivity contribution in [3.8, 4) is 23.5 Å². The molecule has 10 N–H and O–H groups in total. The highest BCUT2D eigenvalue weighted by atomic mass is 127. The number of benzene rings is 7. The number of rotatable bonds is 11. The third-order valence-corrected chi connectivity index (χ3v) is 14.3. The number of aliphatic hydroxyl groups excluding tert-OH is 1. The summed E-state index contributed by atoms with van der Waals surface area (Å²) in [5.41, 5.74) is 7.89. The zero-order valence-electron chi connectivity index (χ0n) is 51.8. The van der Waals surface area contributed by atoms with Crippen LogP contribution in [0.3, 0.4) is 0 Å². The molecule has 21 nitrogen and oxygen atoms in total. The first-order valence-electron chi connectivity index (χ1n) is 28.3. The monoisotopic (exact) mass is 1460 g/mol. The van der Waals surface area contributed by atoms with Gasteiger partial charge in [-0.2, -0.15) is 30.9 Å². The van der Waals surface area contributed by atoms with Crippen molar-refractivity contribution in [3.05, 3.63) is 229 Å². The Morgan fingerprint density at radius 3 is 1.47 bits per heavy atom. The second-order valence-electron chi connectivity index (χ2n) is 20.3. The number of ether oxygens (including phenoxy) is 1. The minimum Gasteiger partial charge on any atom is -0.478 e. The largest absolute Gasteiger partial charge is 0.478 e. The molecular formula is C67H58ClF7IN17O4. The maximum Gasteiger partial charge on any atom is 0.233 e. The number of amides is 2. The molecule has 1 aliphatic heterocycles. The van der Waals surface area contributed by atoms with Gasteiger partial charge in [0.15, 0.2) is 11.6 Å².